The number of para-hydroxylation sites is 1. The van der Waals surface area contributed by atoms with Crippen LogP contribution in [0.2, 0.25) is 0 Å². The van der Waals surface area contributed by atoms with Crippen LogP contribution >= 0.6 is 0 Å². The summed E-state index contributed by atoms with van der Waals surface area (Å²) in [5.74, 6) is -0.231. The van der Waals surface area contributed by atoms with Crippen molar-refractivity contribution in [3.05, 3.63) is 65.5 Å². The second kappa shape index (κ2) is 5.65. The van der Waals surface area contributed by atoms with Gasteiger partial charge in [0.2, 0.25) is 0 Å². The fourth-order valence-corrected chi connectivity index (χ4v) is 2.14. The highest BCUT2D eigenvalue weighted by molar-refractivity contribution is 5.84. The molecule has 1 unspecified atom stereocenters. The van der Waals surface area contributed by atoms with Crippen LogP contribution in [0.3, 0.4) is 0 Å². The highest BCUT2D eigenvalue weighted by atomic mass is 19.1. The molecule has 0 aliphatic heterocycles. The predicted molar refractivity (Wildman–Crippen MR) is 75.0 cm³/mol. The van der Waals surface area contributed by atoms with Crippen molar-refractivity contribution >= 4 is 12.0 Å². The number of aldehydes is 1. The molecule has 3 heteroatoms. The minimum atomic E-state index is -0.231. The van der Waals surface area contributed by atoms with Crippen LogP contribution in [0.5, 0.6) is 0 Å². The van der Waals surface area contributed by atoms with Crippen LogP contribution in [0.25, 0.3) is 0 Å². The van der Waals surface area contributed by atoms with Gasteiger partial charge >= 0.3 is 0 Å². The van der Waals surface area contributed by atoms with E-state index in [0.717, 1.165) is 12.0 Å². The van der Waals surface area contributed by atoms with E-state index in [2.05, 4.69) is 0 Å². The van der Waals surface area contributed by atoms with E-state index in [1.807, 2.05) is 43.1 Å². The van der Waals surface area contributed by atoms with Gasteiger partial charge in [-0.1, -0.05) is 30.3 Å². The molecule has 0 saturated carbocycles. The summed E-state index contributed by atoms with van der Waals surface area (Å²) in [7, 11) is 1.86. The van der Waals surface area contributed by atoms with Crippen molar-refractivity contribution in [1.29, 1.82) is 0 Å². The Morgan fingerprint density at radius 1 is 1.11 bits per heavy atom. The second-order valence-corrected chi connectivity index (χ2v) is 4.49. The average molecular weight is 257 g/mol. The molecule has 0 aliphatic carbocycles. The van der Waals surface area contributed by atoms with E-state index >= 15 is 0 Å². The van der Waals surface area contributed by atoms with Gasteiger partial charge in [0.15, 0.2) is 6.29 Å². The quantitative estimate of drug-likeness (QED) is 0.776. The standard InChI is InChI=1S/C16H16FNO/c1-12(14-8-4-5-9-15(14)17)18(2)16-10-6-3-7-13(16)11-19/h3-12H,1-2H3. The first-order valence-electron chi connectivity index (χ1n) is 6.16. The van der Waals surface area contributed by atoms with Crippen molar-refractivity contribution < 1.29 is 9.18 Å². The number of hydrogen-bond donors (Lipinski definition) is 0. The maximum atomic E-state index is 13.8. The van der Waals surface area contributed by atoms with Gasteiger partial charge in [-0.25, -0.2) is 4.39 Å². The highest BCUT2D eigenvalue weighted by Crippen LogP contribution is 2.28. The molecule has 0 aromatic heterocycles. The molecule has 0 spiro atoms. The van der Waals surface area contributed by atoms with Crippen LogP contribution < -0.4 is 4.90 Å². The van der Waals surface area contributed by atoms with Gasteiger partial charge in [0.05, 0.1) is 6.04 Å². The third-order valence-corrected chi connectivity index (χ3v) is 3.38. The number of nitrogens with zero attached hydrogens (tertiary/aromatic N) is 1. The molecule has 1 atom stereocenters. The van der Waals surface area contributed by atoms with E-state index in [1.165, 1.54) is 6.07 Å². The summed E-state index contributed by atoms with van der Waals surface area (Å²) in [5.41, 5.74) is 2.02. The third kappa shape index (κ3) is 2.65. The Labute approximate surface area is 112 Å². The lowest BCUT2D eigenvalue weighted by molar-refractivity contribution is 0.112. The zero-order chi connectivity index (χ0) is 13.8. The van der Waals surface area contributed by atoms with Crippen LogP contribution in [0.15, 0.2) is 48.5 Å². The first kappa shape index (κ1) is 13.3. The van der Waals surface area contributed by atoms with E-state index in [0.29, 0.717) is 11.1 Å². The molecule has 0 amide bonds. The lowest BCUT2D eigenvalue weighted by atomic mass is 10.0. The maximum absolute atomic E-state index is 13.8. The van der Waals surface area contributed by atoms with E-state index < -0.39 is 0 Å². The van der Waals surface area contributed by atoms with E-state index in [9.17, 15) is 9.18 Å². The number of anilines is 1. The second-order valence-electron chi connectivity index (χ2n) is 4.49. The molecular weight excluding hydrogens is 241 g/mol. The van der Waals surface area contributed by atoms with Crippen LogP contribution in [0.4, 0.5) is 10.1 Å². The van der Waals surface area contributed by atoms with Gasteiger partial charge in [-0.15, -0.1) is 0 Å². The first-order chi connectivity index (χ1) is 9.15. The summed E-state index contributed by atoms with van der Waals surface area (Å²) in [4.78, 5) is 13.0. The zero-order valence-corrected chi connectivity index (χ0v) is 11.0. The SMILES string of the molecule is CC(c1ccccc1F)N(C)c1ccccc1C=O. The molecule has 2 aromatic rings. The molecule has 0 fully saturated rings. The van der Waals surface area contributed by atoms with Crippen molar-refractivity contribution in [3.8, 4) is 0 Å². The number of halogens is 1. The van der Waals surface area contributed by atoms with Crippen LogP contribution in [-0.2, 0) is 0 Å². The molecule has 0 saturated heterocycles. The molecule has 2 nitrogen and oxygen atoms in total. The molecule has 0 aliphatic rings. The maximum Gasteiger partial charge on any atom is 0.152 e. The summed E-state index contributed by atoms with van der Waals surface area (Å²) >= 11 is 0. The molecule has 98 valence electrons. The predicted octanol–water partition coefficient (Wildman–Crippen LogP) is 3.84. The Balaban J connectivity index is 2.36. The van der Waals surface area contributed by atoms with E-state index in [-0.39, 0.29) is 11.9 Å². The molecular formula is C16H16FNO. The summed E-state index contributed by atoms with van der Waals surface area (Å²) in [6, 6.07) is 13.8. The highest BCUT2D eigenvalue weighted by Gasteiger charge is 2.17. The third-order valence-electron chi connectivity index (χ3n) is 3.38. The Morgan fingerprint density at radius 3 is 2.42 bits per heavy atom. The monoisotopic (exact) mass is 257 g/mol. The summed E-state index contributed by atoms with van der Waals surface area (Å²) in [6.07, 6.45) is 0.819. The van der Waals surface area contributed by atoms with Gasteiger partial charge in [-0.2, -0.15) is 0 Å². The number of carbonyl (C=O) groups excluding carboxylic acids is 1. The van der Waals surface area contributed by atoms with Gasteiger partial charge < -0.3 is 4.90 Å². The topological polar surface area (TPSA) is 20.3 Å². The van der Waals surface area contributed by atoms with Gasteiger partial charge in [-0.05, 0) is 25.1 Å². The molecule has 0 heterocycles. The van der Waals surface area contributed by atoms with Gasteiger partial charge in [0.1, 0.15) is 5.82 Å². The molecule has 19 heavy (non-hydrogen) atoms. The van der Waals surface area contributed by atoms with Gasteiger partial charge in [0, 0.05) is 23.9 Å². The molecule has 2 aromatic carbocycles. The van der Waals surface area contributed by atoms with Crippen molar-refractivity contribution in [2.75, 3.05) is 11.9 Å². The minimum absolute atomic E-state index is 0.151. The molecule has 2 rings (SSSR count). The van der Waals surface area contributed by atoms with Crippen molar-refractivity contribution in [1.82, 2.24) is 0 Å². The van der Waals surface area contributed by atoms with E-state index in [1.54, 1.807) is 18.2 Å². The Bertz CT molecular complexity index is 582. The summed E-state index contributed by atoms with van der Waals surface area (Å²) < 4.78 is 13.8. The number of rotatable bonds is 4. The largest absolute Gasteiger partial charge is 0.367 e. The van der Waals surface area contributed by atoms with Crippen molar-refractivity contribution in [2.45, 2.75) is 13.0 Å². The lowest BCUT2D eigenvalue weighted by Gasteiger charge is -2.28. The van der Waals surface area contributed by atoms with Gasteiger partial charge in [-0.3, -0.25) is 4.79 Å². The van der Waals surface area contributed by atoms with Crippen LogP contribution in [-0.4, -0.2) is 13.3 Å². The number of benzene rings is 2. The fourth-order valence-electron chi connectivity index (χ4n) is 2.14. The lowest BCUT2D eigenvalue weighted by Crippen LogP contribution is -2.23. The smallest absolute Gasteiger partial charge is 0.152 e. The molecule has 0 N–H and O–H groups in total. The number of carbonyl (C=O) groups is 1. The summed E-state index contributed by atoms with van der Waals surface area (Å²) in [6.45, 7) is 1.92. The molecule has 0 radical (unpaired) electrons. The van der Waals surface area contributed by atoms with Gasteiger partial charge in [0.25, 0.3) is 0 Å². The van der Waals surface area contributed by atoms with E-state index in [4.69, 9.17) is 0 Å². The average Bonchev–Trinajstić information content (AvgIpc) is 2.46. The van der Waals surface area contributed by atoms with Crippen molar-refractivity contribution in [2.24, 2.45) is 0 Å². The normalized spacial score (nSPS) is 11.9. The van der Waals surface area contributed by atoms with Crippen LogP contribution in [0, 0.1) is 5.82 Å². The Morgan fingerprint density at radius 2 is 1.74 bits per heavy atom. The summed E-state index contributed by atoms with van der Waals surface area (Å²) in [5, 5.41) is 0. The number of hydrogen-bond acceptors (Lipinski definition) is 2. The van der Waals surface area contributed by atoms with Crippen LogP contribution in [0.1, 0.15) is 28.9 Å². The minimum Gasteiger partial charge on any atom is -0.367 e. The first-order valence-corrected chi connectivity index (χ1v) is 6.16. The Kier molecular flexibility index (Phi) is 3.95. The van der Waals surface area contributed by atoms with Crippen molar-refractivity contribution in [3.63, 3.8) is 0 Å². The Hall–Kier alpha value is -2.16. The fraction of sp³-hybridized carbons (Fsp3) is 0.188. The zero-order valence-electron chi connectivity index (χ0n) is 11.0. The molecule has 0 bridgehead atoms.